The molecule has 0 fully saturated rings. The van der Waals surface area contributed by atoms with Crippen molar-refractivity contribution in [1.29, 1.82) is 0 Å². The van der Waals surface area contributed by atoms with Gasteiger partial charge in [-0.3, -0.25) is 4.79 Å². The monoisotopic (exact) mass is 327 g/mol. The number of nitrogens with one attached hydrogen (secondary N) is 1. The molecule has 0 aliphatic carbocycles. The Morgan fingerprint density at radius 1 is 1.45 bits per heavy atom. The molecule has 0 aliphatic rings. The molecule has 6 heteroatoms. The van der Waals surface area contributed by atoms with Crippen LogP contribution in [0.5, 0.6) is 5.75 Å². The molecule has 0 spiro atoms. The van der Waals surface area contributed by atoms with Crippen molar-refractivity contribution in [2.45, 2.75) is 39.2 Å². The quantitative estimate of drug-likeness (QED) is 0.807. The summed E-state index contributed by atoms with van der Waals surface area (Å²) in [5.41, 5.74) is -0.776. The third kappa shape index (κ3) is 3.91. The van der Waals surface area contributed by atoms with Gasteiger partial charge in [0.15, 0.2) is 0 Å². The number of amides is 1. The van der Waals surface area contributed by atoms with Crippen molar-refractivity contribution in [3.05, 3.63) is 28.8 Å². The maximum absolute atomic E-state index is 12.3. The Hall–Kier alpha value is -1.75. The first-order chi connectivity index (χ1) is 10.3. The first-order valence-electron chi connectivity index (χ1n) is 7.12. The Morgan fingerprint density at radius 3 is 2.59 bits per heavy atom. The van der Waals surface area contributed by atoms with Crippen molar-refractivity contribution in [3.63, 3.8) is 0 Å². The van der Waals surface area contributed by atoms with E-state index in [1.807, 2.05) is 6.92 Å². The summed E-state index contributed by atoms with van der Waals surface area (Å²) in [6.45, 7) is 5.20. The van der Waals surface area contributed by atoms with Crippen LogP contribution in [-0.2, 0) is 16.0 Å². The molecule has 0 saturated heterocycles. The first-order valence-corrected chi connectivity index (χ1v) is 7.49. The second-order valence-electron chi connectivity index (χ2n) is 5.46. The van der Waals surface area contributed by atoms with Gasteiger partial charge in [0.2, 0.25) is 5.91 Å². The van der Waals surface area contributed by atoms with Gasteiger partial charge < -0.3 is 15.2 Å². The van der Waals surface area contributed by atoms with Crippen LogP contribution >= 0.6 is 11.6 Å². The minimum atomic E-state index is -1.32. The number of carbonyl (C=O) groups excluding carboxylic acids is 1. The largest absolute Gasteiger partial charge is 0.496 e. The molecule has 1 aromatic rings. The molecule has 5 nitrogen and oxygen atoms in total. The zero-order chi connectivity index (χ0) is 16.9. The molecule has 0 saturated carbocycles. The summed E-state index contributed by atoms with van der Waals surface area (Å²) in [4.78, 5) is 23.8. The van der Waals surface area contributed by atoms with E-state index in [9.17, 15) is 14.7 Å². The van der Waals surface area contributed by atoms with Crippen LogP contribution in [0.25, 0.3) is 0 Å². The first kappa shape index (κ1) is 18.3. The number of halogens is 1. The number of carboxylic acid groups (broad SMARTS) is 1. The molecular weight excluding hydrogens is 306 g/mol. The maximum Gasteiger partial charge on any atom is 0.329 e. The molecular formula is C16H22ClNO4. The van der Waals surface area contributed by atoms with Crippen LogP contribution in [0.2, 0.25) is 5.02 Å². The van der Waals surface area contributed by atoms with Gasteiger partial charge in [0.05, 0.1) is 13.5 Å². The standard InChI is InChI=1S/C16H22ClNO4/c1-5-10(2)16(3,15(20)21)18-14(19)9-11-12(17)7-6-8-13(11)22-4/h6-8,10H,5,9H2,1-4H3,(H,18,19)(H,20,21). The molecule has 0 heterocycles. The number of methoxy groups -OCH3 is 1. The topological polar surface area (TPSA) is 75.6 Å². The van der Waals surface area contributed by atoms with Crippen LogP contribution in [0.3, 0.4) is 0 Å². The number of hydrogen-bond acceptors (Lipinski definition) is 3. The molecule has 1 amide bonds. The number of carboxylic acids is 1. The van der Waals surface area contributed by atoms with Crippen molar-refractivity contribution in [3.8, 4) is 5.75 Å². The molecule has 22 heavy (non-hydrogen) atoms. The second-order valence-corrected chi connectivity index (χ2v) is 5.87. The molecule has 0 aliphatic heterocycles. The van der Waals surface area contributed by atoms with E-state index < -0.39 is 17.4 Å². The highest BCUT2D eigenvalue weighted by atomic mass is 35.5. The van der Waals surface area contributed by atoms with E-state index in [-0.39, 0.29) is 12.3 Å². The molecule has 0 bridgehead atoms. The SMILES string of the molecule is CCC(C)C(C)(NC(=O)Cc1c(Cl)cccc1OC)C(=O)O. The number of ether oxygens (including phenoxy) is 1. The number of carbonyl (C=O) groups is 2. The average Bonchev–Trinajstić information content (AvgIpc) is 2.47. The van der Waals surface area contributed by atoms with E-state index in [1.165, 1.54) is 14.0 Å². The van der Waals surface area contributed by atoms with Crippen LogP contribution in [0, 0.1) is 5.92 Å². The highest BCUT2D eigenvalue weighted by Crippen LogP contribution is 2.27. The van der Waals surface area contributed by atoms with Crippen LogP contribution in [-0.4, -0.2) is 29.6 Å². The fourth-order valence-corrected chi connectivity index (χ4v) is 2.42. The summed E-state index contributed by atoms with van der Waals surface area (Å²) in [5, 5.41) is 12.5. The Balaban J connectivity index is 2.97. The second kappa shape index (κ2) is 7.49. The van der Waals surface area contributed by atoms with E-state index in [1.54, 1.807) is 25.1 Å². The lowest BCUT2D eigenvalue weighted by molar-refractivity contribution is -0.149. The highest BCUT2D eigenvalue weighted by molar-refractivity contribution is 6.31. The fourth-order valence-electron chi connectivity index (χ4n) is 2.19. The minimum Gasteiger partial charge on any atom is -0.496 e. The van der Waals surface area contributed by atoms with Crippen LogP contribution < -0.4 is 10.1 Å². The third-order valence-corrected chi connectivity index (χ3v) is 4.43. The van der Waals surface area contributed by atoms with Crippen molar-refractivity contribution >= 4 is 23.5 Å². The number of rotatable bonds is 7. The van der Waals surface area contributed by atoms with Crippen molar-refractivity contribution in [2.24, 2.45) is 5.92 Å². The Morgan fingerprint density at radius 2 is 2.09 bits per heavy atom. The molecule has 0 radical (unpaired) electrons. The van der Waals surface area contributed by atoms with Gasteiger partial charge in [-0.05, 0) is 25.0 Å². The lowest BCUT2D eigenvalue weighted by atomic mass is 9.85. The average molecular weight is 328 g/mol. The molecule has 0 aromatic heterocycles. The smallest absolute Gasteiger partial charge is 0.329 e. The molecule has 1 rings (SSSR count). The summed E-state index contributed by atoms with van der Waals surface area (Å²) in [6, 6.07) is 5.10. The van der Waals surface area contributed by atoms with Crippen LogP contribution in [0.4, 0.5) is 0 Å². The van der Waals surface area contributed by atoms with Crippen molar-refractivity contribution in [1.82, 2.24) is 5.32 Å². The normalized spacial score (nSPS) is 14.8. The number of aliphatic carboxylic acids is 1. The lowest BCUT2D eigenvalue weighted by Gasteiger charge is -2.32. The summed E-state index contributed by atoms with van der Waals surface area (Å²) in [5.74, 6) is -1.16. The van der Waals surface area contributed by atoms with Gasteiger partial charge in [0.1, 0.15) is 11.3 Å². The fraction of sp³-hybridized carbons (Fsp3) is 0.500. The van der Waals surface area contributed by atoms with Crippen molar-refractivity contribution in [2.75, 3.05) is 7.11 Å². The maximum atomic E-state index is 12.3. The van der Waals surface area contributed by atoms with Crippen LogP contribution in [0.15, 0.2) is 18.2 Å². The molecule has 2 atom stereocenters. The highest BCUT2D eigenvalue weighted by Gasteiger charge is 2.39. The van der Waals surface area contributed by atoms with E-state index in [0.717, 1.165) is 0 Å². The van der Waals surface area contributed by atoms with E-state index in [0.29, 0.717) is 22.8 Å². The Labute approximate surface area is 135 Å². The minimum absolute atomic E-state index is 0.0395. The van der Waals surface area contributed by atoms with E-state index >= 15 is 0 Å². The predicted octanol–water partition coefficient (Wildman–Crippen LogP) is 2.90. The van der Waals surface area contributed by atoms with Gasteiger partial charge in [0, 0.05) is 10.6 Å². The third-order valence-electron chi connectivity index (χ3n) is 4.07. The van der Waals surface area contributed by atoms with Gasteiger partial charge in [-0.1, -0.05) is 37.9 Å². The van der Waals surface area contributed by atoms with Gasteiger partial charge >= 0.3 is 5.97 Å². The van der Waals surface area contributed by atoms with Crippen molar-refractivity contribution < 1.29 is 19.4 Å². The lowest BCUT2D eigenvalue weighted by Crippen LogP contribution is -2.56. The van der Waals surface area contributed by atoms with Gasteiger partial charge in [-0.25, -0.2) is 4.79 Å². The molecule has 2 N–H and O–H groups in total. The predicted molar refractivity (Wildman–Crippen MR) is 85.3 cm³/mol. The molecule has 122 valence electrons. The Bertz CT molecular complexity index is 561. The van der Waals surface area contributed by atoms with Gasteiger partial charge in [0.25, 0.3) is 0 Å². The van der Waals surface area contributed by atoms with Crippen LogP contribution in [0.1, 0.15) is 32.8 Å². The summed E-state index contributed by atoms with van der Waals surface area (Å²) in [7, 11) is 1.49. The number of benzene rings is 1. The number of hydrogen-bond donors (Lipinski definition) is 2. The molecule has 2 unspecified atom stereocenters. The summed E-state index contributed by atoms with van der Waals surface area (Å²) < 4.78 is 5.19. The van der Waals surface area contributed by atoms with Gasteiger partial charge in [-0.2, -0.15) is 0 Å². The zero-order valence-electron chi connectivity index (χ0n) is 13.3. The zero-order valence-corrected chi connectivity index (χ0v) is 14.0. The van der Waals surface area contributed by atoms with Gasteiger partial charge in [-0.15, -0.1) is 0 Å². The molecule has 1 aromatic carbocycles. The Kier molecular flexibility index (Phi) is 6.23. The van der Waals surface area contributed by atoms with E-state index in [2.05, 4.69) is 5.32 Å². The summed E-state index contributed by atoms with van der Waals surface area (Å²) >= 11 is 6.10. The van der Waals surface area contributed by atoms with E-state index in [4.69, 9.17) is 16.3 Å². The summed E-state index contributed by atoms with van der Waals surface area (Å²) in [6.07, 6.45) is 0.598.